The summed E-state index contributed by atoms with van der Waals surface area (Å²) in [5.41, 5.74) is 5.45. The number of benzene rings is 2. The molecular formula is C20H17F2N3O3S. The molecular weight excluding hydrogens is 400 g/mol. The predicted molar refractivity (Wildman–Crippen MR) is 106 cm³/mol. The summed E-state index contributed by atoms with van der Waals surface area (Å²) in [6.45, 7) is 4.09. The van der Waals surface area contributed by atoms with E-state index in [4.69, 9.17) is 10.5 Å². The summed E-state index contributed by atoms with van der Waals surface area (Å²) in [6, 6.07) is 8.62. The molecule has 0 aliphatic carbocycles. The Hall–Kier alpha value is -3.33. The fourth-order valence-corrected chi connectivity index (χ4v) is 3.57. The lowest BCUT2D eigenvalue weighted by atomic mass is 10.1. The fourth-order valence-electron chi connectivity index (χ4n) is 2.60. The maximum Gasteiger partial charge on any atom is 0.267 e. The standard InChI is InChI=1S/C20H17F2N3O3S/c1-3-28-12-6-4-11(5-7-12)20-24-10(2)17(29-20)19(27)25-16-8-13(18(23)26)14(21)9-15(16)22/h4-9H,3H2,1-2H3,(H2,23,26)(H,25,27). The van der Waals surface area contributed by atoms with Crippen LogP contribution in [0.15, 0.2) is 36.4 Å². The summed E-state index contributed by atoms with van der Waals surface area (Å²) in [6.07, 6.45) is 0. The molecule has 3 N–H and O–H groups in total. The van der Waals surface area contributed by atoms with E-state index in [2.05, 4.69) is 10.3 Å². The number of nitrogens with one attached hydrogen (secondary N) is 1. The molecule has 0 radical (unpaired) electrons. The lowest BCUT2D eigenvalue weighted by Crippen LogP contribution is -2.17. The maximum atomic E-state index is 14.0. The molecule has 9 heteroatoms. The van der Waals surface area contributed by atoms with Gasteiger partial charge in [-0.3, -0.25) is 9.59 Å². The zero-order valence-corrected chi connectivity index (χ0v) is 16.4. The third kappa shape index (κ3) is 4.40. The summed E-state index contributed by atoms with van der Waals surface area (Å²) in [7, 11) is 0. The van der Waals surface area contributed by atoms with Crippen molar-refractivity contribution in [2.24, 2.45) is 5.73 Å². The van der Waals surface area contributed by atoms with Gasteiger partial charge in [0.05, 0.1) is 23.6 Å². The number of hydrogen-bond acceptors (Lipinski definition) is 5. The highest BCUT2D eigenvalue weighted by atomic mass is 32.1. The second kappa shape index (κ2) is 8.36. The van der Waals surface area contributed by atoms with Gasteiger partial charge in [0.2, 0.25) is 0 Å². The van der Waals surface area contributed by atoms with Gasteiger partial charge in [0.15, 0.2) is 0 Å². The SMILES string of the molecule is CCOc1ccc(-c2nc(C)c(C(=O)Nc3cc(C(N)=O)c(F)cc3F)s2)cc1. The molecule has 0 bridgehead atoms. The number of hydrogen-bond donors (Lipinski definition) is 2. The van der Waals surface area contributed by atoms with Crippen LogP contribution >= 0.6 is 11.3 Å². The lowest BCUT2D eigenvalue weighted by Gasteiger charge is -2.08. The summed E-state index contributed by atoms with van der Waals surface area (Å²) >= 11 is 1.13. The molecule has 6 nitrogen and oxygen atoms in total. The van der Waals surface area contributed by atoms with Crippen LogP contribution in [0.4, 0.5) is 14.5 Å². The van der Waals surface area contributed by atoms with Crippen LogP contribution in [-0.2, 0) is 0 Å². The number of carbonyl (C=O) groups excluding carboxylic acids is 2. The summed E-state index contributed by atoms with van der Waals surface area (Å²) in [5.74, 6) is -3.09. The van der Waals surface area contributed by atoms with E-state index in [1.807, 2.05) is 19.1 Å². The first-order chi connectivity index (χ1) is 13.8. The molecule has 3 aromatic rings. The van der Waals surface area contributed by atoms with E-state index in [0.717, 1.165) is 28.7 Å². The first-order valence-electron chi connectivity index (χ1n) is 8.61. The smallest absolute Gasteiger partial charge is 0.267 e. The molecule has 0 aliphatic heterocycles. The highest BCUT2D eigenvalue weighted by Crippen LogP contribution is 2.30. The normalized spacial score (nSPS) is 10.6. The van der Waals surface area contributed by atoms with Crippen LogP contribution in [0.1, 0.15) is 32.6 Å². The second-order valence-electron chi connectivity index (χ2n) is 6.02. The number of amides is 2. The van der Waals surface area contributed by atoms with Crippen molar-refractivity contribution >= 4 is 28.8 Å². The minimum Gasteiger partial charge on any atom is -0.494 e. The zero-order valence-electron chi connectivity index (χ0n) is 15.6. The van der Waals surface area contributed by atoms with Crippen molar-refractivity contribution in [3.05, 3.63) is 64.2 Å². The van der Waals surface area contributed by atoms with Gasteiger partial charge in [-0.2, -0.15) is 0 Å². The minimum atomic E-state index is -1.10. The summed E-state index contributed by atoms with van der Waals surface area (Å²) < 4.78 is 33.0. The molecule has 1 aromatic heterocycles. The number of rotatable bonds is 6. The molecule has 0 spiro atoms. The van der Waals surface area contributed by atoms with Gasteiger partial charge in [0.1, 0.15) is 27.3 Å². The molecule has 0 atom stereocenters. The van der Waals surface area contributed by atoms with E-state index < -0.39 is 29.0 Å². The lowest BCUT2D eigenvalue weighted by molar-refractivity contribution is 0.0992. The first kappa shape index (κ1) is 20.4. The van der Waals surface area contributed by atoms with Crippen LogP contribution in [0.2, 0.25) is 0 Å². The predicted octanol–water partition coefficient (Wildman–Crippen LogP) is 4.15. The van der Waals surface area contributed by atoms with E-state index in [1.165, 1.54) is 0 Å². The third-order valence-corrected chi connectivity index (χ3v) is 5.19. The van der Waals surface area contributed by atoms with Crippen LogP contribution in [-0.4, -0.2) is 23.4 Å². The van der Waals surface area contributed by atoms with Crippen LogP contribution in [0.5, 0.6) is 5.75 Å². The number of anilines is 1. The summed E-state index contributed by atoms with van der Waals surface area (Å²) in [5, 5.41) is 2.95. The number of aromatic nitrogens is 1. The number of ether oxygens (including phenoxy) is 1. The minimum absolute atomic E-state index is 0.262. The van der Waals surface area contributed by atoms with Gasteiger partial charge in [0, 0.05) is 11.6 Å². The van der Waals surface area contributed by atoms with Gasteiger partial charge in [-0.05, 0) is 44.2 Å². The fraction of sp³-hybridized carbons (Fsp3) is 0.150. The number of carbonyl (C=O) groups is 2. The van der Waals surface area contributed by atoms with E-state index in [0.29, 0.717) is 23.4 Å². The van der Waals surface area contributed by atoms with E-state index in [-0.39, 0.29) is 10.6 Å². The molecule has 0 aliphatic rings. The number of halogens is 2. The Balaban J connectivity index is 1.86. The number of thiazole rings is 1. The maximum absolute atomic E-state index is 14.0. The topological polar surface area (TPSA) is 94.3 Å². The van der Waals surface area contributed by atoms with E-state index in [1.54, 1.807) is 19.1 Å². The third-order valence-electron chi connectivity index (χ3n) is 3.99. The van der Waals surface area contributed by atoms with Crippen LogP contribution in [0, 0.1) is 18.6 Å². The second-order valence-corrected chi connectivity index (χ2v) is 7.02. The van der Waals surface area contributed by atoms with Crippen molar-refractivity contribution in [3.8, 4) is 16.3 Å². The molecule has 0 fully saturated rings. The van der Waals surface area contributed by atoms with Crippen molar-refractivity contribution in [2.45, 2.75) is 13.8 Å². The average Bonchev–Trinajstić information content (AvgIpc) is 3.06. The molecule has 1 heterocycles. The molecule has 150 valence electrons. The van der Waals surface area contributed by atoms with E-state index >= 15 is 0 Å². The zero-order chi connectivity index (χ0) is 21.1. The Morgan fingerprint density at radius 1 is 1.17 bits per heavy atom. The van der Waals surface area contributed by atoms with Gasteiger partial charge in [0.25, 0.3) is 11.8 Å². The first-order valence-corrected chi connectivity index (χ1v) is 9.42. The Morgan fingerprint density at radius 2 is 1.86 bits per heavy atom. The number of aryl methyl sites for hydroxylation is 1. The summed E-state index contributed by atoms with van der Waals surface area (Å²) in [4.78, 5) is 28.5. The quantitative estimate of drug-likeness (QED) is 0.630. The molecule has 3 rings (SSSR count). The van der Waals surface area contributed by atoms with E-state index in [9.17, 15) is 18.4 Å². The van der Waals surface area contributed by atoms with Crippen molar-refractivity contribution in [2.75, 3.05) is 11.9 Å². The Labute approximate surface area is 169 Å². The Bertz CT molecular complexity index is 1080. The molecule has 2 aromatic carbocycles. The number of nitrogens with zero attached hydrogens (tertiary/aromatic N) is 1. The highest BCUT2D eigenvalue weighted by molar-refractivity contribution is 7.17. The van der Waals surface area contributed by atoms with Gasteiger partial charge in [-0.1, -0.05) is 0 Å². The van der Waals surface area contributed by atoms with Crippen molar-refractivity contribution < 1.29 is 23.1 Å². The Kier molecular flexibility index (Phi) is 5.88. The highest BCUT2D eigenvalue weighted by Gasteiger charge is 2.20. The van der Waals surface area contributed by atoms with Crippen molar-refractivity contribution in [3.63, 3.8) is 0 Å². The molecule has 29 heavy (non-hydrogen) atoms. The van der Waals surface area contributed by atoms with Gasteiger partial charge in [-0.15, -0.1) is 11.3 Å². The van der Waals surface area contributed by atoms with Crippen LogP contribution in [0.25, 0.3) is 10.6 Å². The molecule has 2 amide bonds. The van der Waals surface area contributed by atoms with Crippen LogP contribution in [0.3, 0.4) is 0 Å². The van der Waals surface area contributed by atoms with Crippen molar-refractivity contribution in [1.82, 2.24) is 4.98 Å². The largest absolute Gasteiger partial charge is 0.494 e. The Morgan fingerprint density at radius 3 is 2.48 bits per heavy atom. The molecule has 0 saturated heterocycles. The monoisotopic (exact) mass is 417 g/mol. The molecule has 0 saturated carbocycles. The van der Waals surface area contributed by atoms with Crippen LogP contribution < -0.4 is 15.8 Å². The molecule has 0 unspecified atom stereocenters. The average molecular weight is 417 g/mol. The van der Waals surface area contributed by atoms with Crippen molar-refractivity contribution in [1.29, 1.82) is 0 Å². The number of nitrogens with two attached hydrogens (primary N) is 1. The van der Waals surface area contributed by atoms with Gasteiger partial charge < -0.3 is 15.8 Å². The number of primary amides is 1. The van der Waals surface area contributed by atoms with Gasteiger partial charge >= 0.3 is 0 Å². The van der Waals surface area contributed by atoms with Gasteiger partial charge in [-0.25, -0.2) is 13.8 Å².